The fourth-order valence-corrected chi connectivity index (χ4v) is 9.59. The Morgan fingerprint density at radius 1 is 0.414 bits per heavy atom. The van der Waals surface area contributed by atoms with Crippen molar-refractivity contribution in [1.82, 2.24) is 29.9 Å². The first-order chi connectivity index (χ1) is 27.7. The lowest BCUT2D eigenvalue weighted by Gasteiger charge is -2.05. The first-order valence-corrected chi connectivity index (χ1v) is 18.8. The maximum Gasteiger partial charge on any atom is 0.257 e. The van der Waals surface area contributed by atoms with E-state index < -0.39 is 90.9 Å². The second-order valence-corrected chi connectivity index (χ2v) is 15.8. The number of carbonyl (C=O) groups excluding carboxylic acids is 2. The van der Waals surface area contributed by atoms with Gasteiger partial charge in [0.1, 0.15) is 22.2 Å². The Hall–Kier alpha value is -6.24. The topological polar surface area (TPSA) is 138 Å². The molecule has 0 radical (unpaired) electrons. The Balaban J connectivity index is 0.923. The number of thiazole rings is 4. The van der Waals surface area contributed by atoms with Crippen molar-refractivity contribution in [3.05, 3.63) is 104 Å². The Morgan fingerprint density at radius 2 is 0.741 bits per heavy atom. The summed E-state index contributed by atoms with van der Waals surface area (Å²) in [4.78, 5) is 51.5. The summed E-state index contributed by atoms with van der Waals surface area (Å²) in [6, 6.07) is 6.69. The Labute approximate surface area is 325 Å². The van der Waals surface area contributed by atoms with Gasteiger partial charge in [-0.15, -0.1) is 0 Å². The van der Waals surface area contributed by atoms with E-state index in [1.165, 1.54) is 0 Å². The van der Waals surface area contributed by atoms with E-state index in [2.05, 4.69) is 29.9 Å². The van der Waals surface area contributed by atoms with Crippen molar-refractivity contribution >= 4 is 109 Å². The minimum Gasteiger partial charge on any atom is -0.434 e. The van der Waals surface area contributed by atoms with Crippen molar-refractivity contribution in [2.75, 3.05) is 0 Å². The van der Waals surface area contributed by atoms with Gasteiger partial charge in [0.2, 0.25) is 23.2 Å². The average Bonchev–Trinajstić information content (AvgIpc) is 4.05. The predicted octanol–water partition coefficient (Wildman–Crippen LogP) is 10.4. The largest absolute Gasteiger partial charge is 0.434 e. The van der Waals surface area contributed by atoms with Crippen molar-refractivity contribution in [2.24, 2.45) is 0 Å². The number of halogens is 10. The quantitative estimate of drug-likeness (QED) is 0.0687. The van der Waals surface area contributed by atoms with Gasteiger partial charge >= 0.3 is 0 Å². The molecule has 0 aliphatic heterocycles. The third-order valence-electron chi connectivity index (χ3n) is 8.43. The lowest BCUT2D eigenvalue weighted by Crippen LogP contribution is -2.13. The highest BCUT2D eigenvalue weighted by Crippen LogP contribution is 2.39. The van der Waals surface area contributed by atoms with E-state index in [9.17, 15) is 53.5 Å². The van der Waals surface area contributed by atoms with Crippen LogP contribution in [0.3, 0.4) is 0 Å². The SMILES string of the molecule is O=C(c1nc2sc(-c3nc4cc5cc6oc(-c7nc8sc(C(=O)c9c(F)c(F)c(F)c(F)c9F)nc8s7)nc6cc5cc4o3)nc2s1)c1c(F)c(F)c(F)c(F)c1F. The van der Waals surface area contributed by atoms with Gasteiger partial charge in [0.05, 0.1) is 0 Å². The van der Waals surface area contributed by atoms with Crippen LogP contribution in [-0.2, 0) is 0 Å². The molecule has 0 N–H and O–H groups in total. The van der Waals surface area contributed by atoms with Crippen LogP contribution in [0.25, 0.3) is 74.1 Å². The number of nitrogens with zero attached hydrogens (tertiary/aromatic N) is 6. The van der Waals surface area contributed by atoms with E-state index >= 15 is 0 Å². The van der Waals surface area contributed by atoms with Gasteiger partial charge < -0.3 is 8.83 Å². The number of fused-ring (bicyclic) bond motifs is 5. The second kappa shape index (κ2) is 12.6. The number of hydrogen-bond acceptors (Lipinski definition) is 14. The number of benzene rings is 4. The molecule has 10 nitrogen and oxygen atoms in total. The molecule has 288 valence electrons. The molecule has 0 aliphatic carbocycles. The summed E-state index contributed by atoms with van der Waals surface area (Å²) in [7, 11) is 0. The fourth-order valence-electron chi connectivity index (χ4n) is 5.76. The maximum absolute atomic E-state index is 14.2. The molecule has 6 aromatic heterocycles. The van der Waals surface area contributed by atoms with Gasteiger partial charge in [0, 0.05) is 0 Å². The molecule has 0 fully saturated rings. The molecule has 4 aromatic carbocycles. The van der Waals surface area contributed by atoms with E-state index in [0.717, 1.165) is 22.7 Å². The van der Waals surface area contributed by atoms with Gasteiger partial charge in [-0.05, 0) is 35.0 Å². The first-order valence-electron chi connectivity index (χ1n) is 15.5. The van der Waals surface area contributed by atoms with Gasteiger partial charge in [-0.1, -0.05) is 45.3 Å². The van der Waals surface area contributed by atoms with E-state index in [0.29, 0.717) is 55.6 Å². The fraction of sp³-hybridized carbons (Fsp3) is 0. The van der Waals surface area contributed by atoms with Crippen LogP contribution in [0.2, 0.25) is 0 Å². The monoisotopic (exact) mass is 878 g/mol. The molecule has 24 heteroatoms. The molecule has 0 bridgehead atoms. The standard InChI is InChI=1S/C34H4F10N6O4S4/c35-13-11(14(36)18(40)21(43)17(13)39)23(51)27-47-31-33(55-27)49-29(57-31)25-45-7-1-5-3-10-8(2-6(5)4-9(7)53-25)46-26(54-10)30-50-34-32(58-30)48-28(56-34)24(52)12-15(37)19(41)22(44)20(42)16(12)38/h1-4H. The van der Waals surface area contributed by atoms with Gasteiger partial charge in [-0.25, -0.2) is 73.8 Å². The molecule has 58 heavy (non-hydrogen) atoms. The zero-order chi connectivity index (χ0) is 40.6. The van der Waals surface area contributed by atoms with Crippen LogP contribution < -0.4 is 0 Å². The van der Waals surface area contributed by atoms with Gasteiger partial charge in [0.15, 0.2) is 97.1 Å². The molecule has 10 aromatic rings. The summed E-state index contributed by atoms with van der Waals surface area (Å²) in [5, 5.41) is 0.569. The van der Waals surface area contributed by atoms with Crippen LogP contribution in [0, 0.1) is 58.2 Å². The molecule has 0 unspecified atom stereocenters. The third-order valence-corrected chi connectivity index (χ3v) is 12.5. The smallest absolute Gasteiger partial charge is 0.257 e. The zero-order valence-electron chi connectivity index (χ0n) is 27.0. The lowest BCUT2D eigenvalue weighted by molar-refractivity contribution is 0.101. The summed E-state index contributed by atoms with van der Waals surface area (Å²) in [5.74, 6) is -26.0. The zero-order valence-corrected chi connectivity index (χ0v) is 30.3. The van der Waals surface area contributed by atoms with Crippen molar-refractivity contribution < 1.29 is 62.3 Å². The summed E-state index contributed by atoms with van der Waals surface area (Å²) >= 11 is 2.92. The number of hydrogen-bond donors (Lipinski definition) is 0. The lowest BCUT2D eigenvalue weighted by atomic mass is 10.1. The highest BCUT2D eigenvalue weighted by atomic mass is 32.1. The summed E-state index contributed by atoms with van der Waals surface area (Å²) in [6.07, 6.45) is 0. The molecule has 0 saturated carbocycles. The minimum atomic E-state index is -2.40. The van der Waals surface area contributed by atoms with Crippen molar-refractivity contribution in [1.29, 1.82) is 0 Å². The van der Waals surface area contributed by atoms with E-state index in [1.54, 1.807) is 24.3 Å². The van der Waals surface area contributed by atoms with Crippen LogP contribution in [0.4, 0.5) is 43.9 Å². The van der Waals surface area contributed by atoms with Crippen LogP contribution in [0.5, 0.6) is 0 Å². The van der Waals surface area contributed by atoms with Gasteiger partial charge in [-0.3, -0.25) is 9.59 Å². The first kappa shape index (κ1) is 36.1. The highest BCUT2D eigenvalue weighted by Gasteiger charge is 2.34. The molecule has 0 spiro atoms. The van der Waals surface area contributed by atoms with E-state index in [1.807, 2.05) is 0 Å². The number of carbonyl (C=O) groups is 2. The van der Waals surface area contributed by atoms with Crippen LogP contribution >= 0.6 is 45.3 Å². The summed E-state index contributed by atoms with van der Waals surface area (Å²) in [6.45, 7) is 0. The van der Waals surface area contributed by atoms with Crippen LogP contribution in [0.1, 0.15) is 30.7 Å². The Kier molecular flexibility index (Phi) is 7.87. The van der Waals surface area contributed by atoms with E-state index in [-0.39, 0.29) is 41.1 Å². The molecule has 0 amide bonds. The molecular formula is C34H4F10N6O4S4. The normalized spacial score (nSPS) is 12.1. The molecular weight excluding hydrogens is 875 g/mol. The van der Waals surface area contributed by atoms with E-state index in [4.69, 9.17) is 8.83 Å². The Bertz CT molecular complexity index is 3080. The number of oxazole rings is 2. The van der Waals surface area contributed by atoms with Crippen LogP contribution in [0.15, 0.2) is 33.1 Å². The van der Waals surface area contributed by atoms with Crippen LogP contribution in [-0.4, -0.2) is 41.5 Å². The molecule has 0 saturated heterocycles. The number of ketones is 2. The van der Waals surface area contributed by atoms with Gasteiger partial charge in [-0.2, -0.15) is 0 Å². The molecule has 0 aliphatic rings. The number of aromatic nitrogens is 6. The second-order valence-electron chi connectivity index (χ2n) is 11.9. The summed E-state index contributed by atoms with van der Waals surface area (Å²) < 4.78 is 151. The maximum atomic E-state index is 14.2. The van der Waals surface area contributed by atoms with Crippen molar-refractivity contribution in [3.63, 3.8) is 0 Å². The average molecular weight is 879 g/mol. The summed E-state index contributed by atoms with van der Waals surface area (Å²) in [5.41, 5.74) is -1.87. The van der Waals surface area contributed by atoms with Crippen molar-refractivity contribution in [3.8, 4) is 21.8 Å². The Morgan fingerprint density at radius 3 is 1.09 bits per heavy atom. The number of rotatable bonds is 6. The predicted molar refractivity (Wildman–Crippen MR) is 187 cm³/mol. The molecule has 6 heterocycles. The highest BCUT2D eigenvalue weighted by molar-refractivity contribution is 7.29. The van der Waals surface area contributed by atoms with Gasteiger partial charge in [0.25, 0.3) is 11.8 Å². The third kappa shape index (κ3) is 5.27. The molecule has 0 atom stereocenters. The minimum absolute atomic E-state index is 0.0479. The molecule has 10 rings (SSSR count). The van der Waals surface area contributed by atoms with Crippen molar-refractivity contribution in [2.45, 2.75) is 0 Å².